The maximum atomic E-state index is 2.57. The highest BCUT2D eigenvalue weighted by atomic mass is 15.2. The molecule has 1 nitrogen and oxygen atoms in total. The standard InChI is InChI=1S/C11H21N/c1-4-11(2)6-9-5-10(7-11)12(3)8-9/h9-10H,4-8H2,1-3H3. The normalized spacial score (nSPS) is 48.2. The first-order chi connectivity index (χ1) is 5.63. The Morgan fingerprint density at radius 2 is 2.17 bits per heavy atom. The molecule has 0 N–H and O–H groups in total. The second kappa shape index (κ2) is 2.73. The first kappa shape index (κ1) is 8.55. The van der Waals surface area contributed by atoms with Gasteiger partial charge in [0.1, 0.15) is 0 Å². The summed E-state index contributed by atoms with van der Waals surface area (Å²) >= 11 is 0. The van der Waals surface area contributed by atoms with Crippen molar-refractivity contribution in [2.45, 2.75) is 45.6 Å². The van der Waals surface area contributed by atoms with Crippen molar-refractivity contribution in [2.24, 2.45) is 11.3 Å². The van der Waals surface area contributed by atoms with E-state index < -0.39 is 0 Å². The number of rotatable bonds is 1. The Balaban J connectivity index is 2.10. The summed E-state index contributed by atoms with van der Waals surface area (Å²) in [6.07, 6.45) is 5.76. The van der Waals surface area contributed by atoms with Crippen molar-refractivity contribution in [3.8, 4) is 0 Å². The van der Waals surface area contributed by atoms with Gasteiger partial charge in [0.2, 0.25) is 0 Å². The molecule has 3 atom stereocenters. The fourth-order valence-corrected chi connectivity index (χ4v) is 3.22. The van der Waals surface area contributed by atoms with Crippen LogP contribution in [-0.4, -0.2) is 24.5 Å². The van der Waals surface area contributed by atoms with E-state index in [-0.39, 0.29) is 0 Å². The third-order valence-corrected chi connectivity index (χ3v) is 4.14. The lowest BCUT2D eigenvalue weighted by atomic mass is 9.69. The fraction of sp³-hybridized carbons (Fsp3) is 1.00. The summed E-state index contributed by atoms with van der Waals surface area (Å²) in [5.41, 5.74) is 0.665. The maximum absolute atomic E-state index is 2.57. The van der Waals surface area contributed by atoms with Crippen LogP contribution >= 0.6 is 0 Å². The molecule has 1 heterocycles. The second-order valence-corrected chi connectivity index (χ2v) is 5.27. The van der Waals surface area contributed by atoms with Crippen molar-refractivity contribution >= 4 is 0 Å². The van der Waals surface area contributed by atoms with Crippen molar-refractivity contribution in [1.82, 2.24) is 4.90 Å². The van der Waals surface area contributed by atoms with E-state index in [1.807, 2.05) is 0 Å². The van der Waals surface area contributed by atoms with Crippen molar-refractivity contribution in [3.05, 3.63) is 0 Å². The summed E-state index contributed by atoms with van der Waals surface area (Å²) in [5, 5.41) is 0. The topological polar surface area (TPSA) is 3.24 Å². The zero-order valence-corrected chi connectivity index (χ0v) is 8.64. The van der Waals surface area contributed by atoms with Crippen LogP contribution in [0.1, 0.15) is 39.5 Å². The van der Waals surface area contributed by atoms with Gasteiger partial charge in [0.05, 0.1) is 0 Å². The number of fused-ring (bicyclic) bond motifs is 2. The average molecular weight is 167 g/mol. The number of hydrogen-bond acceptors (Lipinski definition) is 1. The van der Waals surface area contributed by atoms with Gasteiger partial charge in [0.15, 0.2) is 0 Å². The fourth-order valence-electron chi connectivity index (χ4n) is 3.22. The summed E-state index contributed by atoms with van der Waals surface area (Å²) in [7, 11) is 2.30. The summed E-state index contributed by atoms with van der Waals surface area (Å²) < 4.78 is 0. The van der Waals surface area contributed by atoms with Gasteiger partial charge in [-0.1, -0.05) is 20.3 Å². The molecule has 3 unspecified atom stereocenters. The van der Waals surface area contributed by atoms with E-state index in [0.29, 0.717) is 5.41 Å². The lowest BCUT2D eigenvalue weighted by molar-refractivity contribution is 0.152. The van der Waals surface area contributed by atoms with Crippen molar-refractivity contribution in [2.75, 3.05) is 13.6 Å². The molecular formula is C11H21N. The van der Waals surface area contributed by atoms with Gasteiger partial charge in [0.25, 0.3) is 0 Å². The van der Waals surface area contributed by atoms with Crippen molar-refractivity contribution in [3.63, 3.8) is 0 Å². The zero-order chi connectivity index (χ0) is 8.77. The van der Waals surface area contributed by atoms with Gasteiger partial charge in [0, 0.05) is 12.6 Å². The molecule has 0 amide bonds. The lowest BCUT2D eigenvalue weighted by Crippen LogP contribution is -2.32. The molecule has 0 aromatic heterocycles. The van der Waals surface area contributed by atoms with E-state index in [1.54, 1.807) is 0 Å². The van der Waals surface area contributed by atoms with Gasteiger partial charge in [-0.25, -0.2) is 0 Å². The molecule has 1 saturated carbocycles. The van der Waals surface area contributed by atoms with Crippen molar-refractivity contribution in [1.29, 1.82) is 0 Å². The van der Waals surface area contributed by atoms with Gasteiger partial charge in [-0.2, -0.15) is 0 Å². The first-order valence-corrected chi connectivity index (χ1v) is 5.33. The molecular weight excluding hydrogens is 146 g/mol. The van der Waals surface area contributed by atoms with Gasteiger partial charge < -0.3 is 4.90 Å². The van der Waals surface area contributed by atoms with Crippen LogP contribution in [0.4, 0.5) is 0 Å². The molecule has 2 bridgehead atoms. The van der Waals surface area contributed by atoms with E-state index in [0.717, 1.165) is 12.0 Å². The molecule has 0 radical (unpaired) electrons. The van der Waals surface area contributed by atoms with Crippen LogP contribution in [0, 0.1) is 11.3 Å². The molecule has 0 spiro atoms. The Bertz CT molecular complexity index is 176. The Labute approximate surface area is 76.1 Å². The van der Waals surface area contributed by atoms with E-state index in [4.69, 9.17) is 0 Å². The zero-order valence-electron chi connectivity index (χ0n) is 8.64. The van der Waals surface area contributed by atoms with Gasteiger partial charge >= 0.3 is 0 Å². The highest BCUT2D eigenvalue weighted by Gasteiger charge is 2.42. The summed E-state index contributed by atoms with van der Waals surface area (Å²) in [6.45, 7) is 6.19. The Kier molecular flexibility index (Phi) is 1.95. The first-order valence-electron chi connectivity index (χ1n) is 5.33. The molecule has 2 aliphatic rings. The largest absolute Gasteiger partial charge is 0.303 e. The predicted molar refractivity (Wildman–Crippen MR) is 52.2 cm³/mol. The molecule has 12 heavy (non-hydrogen) atoms. The molecule has 1 saturated heterocycles. The van der Waals surface area contributed by atoms with E-state index in [9.17, 15) is 0 Å². The molecule has 70 valence electrons. The SMILES string of the molecule is CCC1(C)CC2CC(C1)N(C)C2. The maximum Gasteiger partial charge on any atom is 0.0101 e. The molecule has 1 aliphatic carbocycles. The minimum Gasteiger partial charge on any atom is -0.303 e. The minimum atomic E-state index is 0.665. The molecule has 2 rings (SSSR count). The Morgan fingerprint density at radius 3 is 2.75 bits per heavy atom. The van der Waals surface area contributed by atoms with Crippen LogP contribution in [0.5, 0.6) is 0 Å². The van der Waals surface area contributed by atoms with Crippen LogP contribution in [0.15, 0.2) is 0 Å². The summed E-state index contributed by atoms with van der Waals surface area (Å²) in [5.74, 6) is 1.01. The van der Waals surface area contributed by atoms with E-state index >= 15 is 0 Å². The average Bonchev–Trinajstić information content (AvgIpc) is 2.27. The van der Waals surface area contributed by atoms with Crippen LogP contribution in [0.3, 0.4) is 0 Å². The monoisotopic (exact) mass is 167 g/mol. The number of nitrogens with zero attached hydrogens (tertiary/aromatic N) is 1. The molecule has 1 aliphatic heterocycles. The van der Waals surface area contributed by atoms with Gasteiger partial charge in [-0.15, -0.1) is 0 Å². The van der Waals surface area contributed by atoms with Crippen LogP contribution in [0.25, 0.3) is 0 Å². The molecule has 2 fully saturated rings. The minimum absolute atomic E-state index is 0.665. The van der Waals surface area contributed by atoms with Crippen molar-refractivity contribution < 1.29 is 0 Å². The number of likely N-dealkylation sites (tertiary alicyclic amines) is 1. The predicted octanol–water partition coefficient (Wildman–Crippen LogP) is 2.52. The molecule has 0 aromatic carbocycles. The highest BCUT2D eigenvalue weighted by Crippen LogP contribution is 2.46. The molecule has 1 heteroatoms. The summed E-state index contributed by atoms with van der Waals surface area (Å²) in [4.78, 5) is 2.57. The van der Waals surface area contributed by atoms with E-state index in [2.05, 4.69) is 25.8 Å². The molecule has 0 aromatic rings. The Morgan fingerprint density at radius 1 is 1.42 bits per heavy atom. The lowest BCUT2D eigenvalue weighted by Gasteiger charge is -2.37. The van der Waals surface area contributed by atoms with Crippen LogP contribution in [-0.2, 0) is 0 Å². The second-order valence-electron chi connectivity index (χ2n) is 5.27. The smallest absolute Gasteiger partial charge is 0.0101 e. The summed E-state index contributed by atoms with van der Waals surface area (Å²) in [6, 6.07) is 0.911. The van der Waals surface area contributed by atoms with Gasteiger partial charge in [-0.05, 0) is 37.6 Å². The third kappa shape index (κ3) is 1.28. The van der Waals surface area contributed by atoms with E-state index in [1.165, 1.54) is 32.2 Å². The Hall–Kier alpha value is -0.0400. The van der Waals surface area contributed by atoms with Crippen LogP contribution < -0.4 is 0 Å². The number of hydrogen-bond donors (Lipinski definition) is 0. The third-order valence-electron chi connectivity index (χ3n) is 4.14. The highest BCUT2D eigenvalue weighted by molar-refractivity contribution is 4.95. The quantitative estimate of drug-likeness (QED) is 0.580. The van der Waals surface area contributed by atoms with Crippen LogP contribution in [0.2, 0.25) is 0 Å². The van der Waals surface area contributed by atoms with Gasteiger partial charge in [-0.3, -0.25) is 0 Å².